The molecule has 138 valence electrons. The van der Waals surface area contributed by atoms with Gasteiger partial charge in [0.25, 0.3) is 0 Å². The Morgan fingerprint density at radius 2 is 1.96 bits per heavy atom. The van der Waals surface area contributed by atoms with Crippen molar-refractivity contribution in [3.8, 4) is 11.3 Å². The maximum Gasteiger partial charge on any atom is 0.140 e. The summed E-state index contributed by atoms with van der Waals surface area (Å²) in [6, 6.07) is 12.0. The van der Waals surface area contributed by atoms with Crippen LogP contribution in [0.2, 0.25) is 0 Å². The SMILES string of the molecule is OC1(Cc2cc(-c3ccccc3)no2)CCN(CC2CC=CCC2)CC1. The third-order valence-electron chi connectivity index (χ3n) is 5.81. The molecule has 2 aromatic rings. The van der Waals surface area contributed by atoms with Crippen molar-refractivity contribution in [1.29, 1.82) is 0 Å². The van der Waals surface area contributed by atoms with Crippen LogP contribution in [0.25, 0.3) is 11.3 Å². The van der Waals surface area contributed by atoms with Crippen molar-refractivity contribution in [2.75, 3.05) is 19.6 Å². The van der Waals surface area contributed by atoms with Crippen molar-refractivity contribution in [1.82, 2.24) is 10.1 Å². The Balaban J connectivity index is 1.31. The highest BCUT2D eigenvalue weighted by Crippen LogP contribution is 2.29. The van der Waals surface area contributed by atoms with Crippen LogP contribution in [-0.2, 0) is 6.42 Å². The van der Waals surface area contributed by atoms with E-state index in [0.717, 1.165) is 48.9 Å². The Labute approximate surface area is 155 Å². The van der Waals surface area contributed by atoms with Gasteiger partial charge in [-0.15, -0.1) is 0 Å². The van der Waals surface area contributed by atoms with E-state index in [2.05, 4.69) is 22.2 Å². The van der Waals surface area contributed by atoms with Gasteiger partial charge in [0.05, 0.1) is 5.60 Å². The molecule has 1 fully saturated rings. The molecule has 0 bridgehead atoms. The van der Waals surface area contributed by atoms with E-state index in [1.165, 1.54) is 25.8 Å². The summed E-state index contributed by atoms with van der Waals surface area (Å²) in [5, 5.41) is 15.2. The monoisotopic (exact) mass is 352 g/mol. The highest BCUT2D eigenvalue weighted by atomic mass is 16.5. The summed E-state index contributed by atoms with van der Waals surface area (Å²) in [5.74, 6) is 1.56. The minimum Gasteiger partial charge on any atom is -0.389 e. The maximum atomic E-state index is 11.0. The zero-order valence-corrected chi connectivity index (χ0v) is 15.3. The molecule has 0 radical (unpaired) electrons. The van der Waals surface area contributed by atoms with E-state index in [1.54, 1.807) is 0 Å². The minimum atomic E-state index is -0.670. The molecule has 2 heterocycles. The molecule has 1 unspecified atom stereocenters. The third-order valence-corrected chi connectivity index (χ3v) is 5.81. The summed E-state index contributed by atoms with van der Waals surface area (Å²) in [5.41, 5.74) is 1.22. The maximum absolute atomic E-state index is 11.0. The van der Waals surface area contributed by atoms with E-state index in [4.69, 9.17) is 4.52 Å². The van der Waals surface area contributed by atoms with Crippen molar-refractivity contribution in [2.45, 2.75) is 44.1 Å². The van der Waals surface area contributed by atoms with Gasteiger partial charge in [-0.3, -0.25) is 0 Å². The quantitative estimate of drug-likeness (QED) is 0.824. The molecule has 1 aliphatic carbocycles. The van der Waals surface area contributed by atoms with Crippen LogP contribution in [0, 0.1) is 5.92 Å². The van der Waals surface area contributed by atoms with Crippen molar-refractivity contribution in [2.24, 2.45) is 5.92 Å². The molecule has 2 aliphatic rings. The fourth-order valence-electron chi connectivity index (χ4n) is 4.18. The first kappa shape index (κ1) is 17.5. The molecule has 0 saturated carbocycles. The summed E-state index contributed by atoms with van der Waals surface area (Å²) in [6.45, 7) is 3.10. The van der Waals surface area contributed by atoms with Gasteiger partial charge in [0, 0.05) is 37.7 Å². The van der Waals surface area contributed by atoms with E-state index in [9.17, 15) is 5.11 Å². The van der Waals surface area contributed by atoms with Crippen LogP contribution in [-0.4, -0.2) is 40.4 Å². The number of aromatic nitrogens is 1. The Hall–Kier alpha value is -1.91. The third kappa shape index (κ3) is 4.25. The number of piperidine rings is 1. The first-order chi connectivity index (χ1) is 12.7. The lowest BCUT2D eigenvalue weighted by molar-refractivity contribution is -0.0278. The summed E-state index contributed by atoms with van der Waals surface area (Å²) < 4.78 is 5.50. The van der Waals surface area contributed by atoms with E-state index in [-0.39, 0.29) is 0 Å². The Bertz CT molecular complexity index is 730. The van der Waals surface area contributed by atoms with Gasteiger partial charge in [-0.05, 0) is 38.0 Å². The zero-order valence-electron chi connectivity index (χ0n) is 15.3. The molecular formula is C22H28N2O2. The van der Waals surface area contributed by atoms with Crippen LogP contribution < -0.4 is 0 Å². The molecule has 4 heteroatoms. The van der Waals surface area contributed by atoms with Crippen molar-refractivity contribution in [3.05, 3.63) is 54.3 Å². The van der Waals surface area contributed by atoms with Crippen molar-refractivity contribution < 1.29 is 9.63 Å². The van der Waals surface area contributed by atoms with Crippen LogP contribution in [0.4, 0.5) is 0 Å². The number of benzene rings is 1. The van der Waals surface area contributed by atoms with E-state index in [1.807, 2.05) is 36.4 Å². The second-order valence-electron chi connectivity index (χ2n) is 7.90. The van der Waals surface area contributed by atoms with E-state index in [0.29, 0.717) is 6.42 Å². The number of likely N-dealkylation sites (tertiary alicyclic amines) is 1. The molecule has 1 atom stereocenters. The lowest BCUT2D eigenvalue weighted by atomic mass is 9.86. The van der Waals surface area contributed by atoms with Gasteiger partial charge < -0.3 is 14.5 Å². The summed E-state index contributed by atoms with van der Waals surface area (Å²) in [4.78, 5) is 2.52. The molecule has 4 rings (SSSR count). The molecule has 1 aromatic carbocycles. The fourth-order valence-corrected chi connectivity index (χ4v) is 4.18. The topological polar surface area (TPSA) is 49.5 Å². The highest BCUT2D eigenvalue weighted by molar-refractivity contribution is 5.58. The Morgan fingerprint density at radius 3 is 2.69 bits per heavy atom. The molecule has 1 aliphatic heterocycles. The normalized spacial score (nSPS) is 23.2. The van der Waals surface area contributed by atoms with Crippen LogP contribution in [0.15, 0.2) is 53.1 Å². The van der Waals surface area contributed by atoms with Gasteiger partial charge in [-0.1, -0.05) is 47.6 Å². The van der Waals surface area contributed by atoms with Gasteiger partial charge in [0.2, 0.25) is 0 Å². The number of aliphatic hydroxyl groups is 1. The van der Waals surface area contributed by atoms with Crippen molar-refractivity contribution in [3.63, 3.8) is 0 Å². The molecule has 0 amide bonds. The minimum absolute atomic E-state index is 0.548. The van der Waals surface area contributed by atoms with Crippen molar-refractivity contribution >= 4 is 0 Å². The zero-order chi connectivity index (χ0) is 17.8. The lowest BCUT2D eigenvalue weighted by Gasteiger charge is -2.39. The van der Waals surface area contributed by atoms with E-state index >= 15 is 0 Å². The summed E-state index contributed by atoms with van der Waals surface area (Å²) in [7, 11) is 0. The van der Waals surface area contributed by atoms with Gasteiger partial charge in [-0.2, -0.15) is 0 Å². The van der Waals surface area contributed by atoms with Crippen LogP contribution in [0.1, 0.15) is 37.9 Å². The summed E-state index contributed by atoms with van der Waals surface area (Å²) in [6.07, 6.45) is 10.5. The number of nitrogens with zero attached hydrogens (tertiary/aromatic N) is 2. The van der Waals surface area contributed by atoms with Crippen LogP contribution in [0.3, 0.4) is 0 Å². The smallest absolute Gasteiger partial charge is 0.140 e. The largest absolute Gasteiger partial charge is 0.389 e. The first-order valence-corrected chi connectivity index (χ1v) is 9.81. The second kappa shape index (κ2) is 7.77. The van der Waals surface area contributed by atoms with Gasteiger partial charge in [0.15, 0.2) is 0 Å². The predicted molar refractivity (Wildman–Crippen MR) is 103 cm³/mol. The highest BCUT2D eigenvalue weighted by Gasteiger charge is 2.34. The first-order valence-electron chi connectivity index (χ1n) is 9.81. The number of hydrogen-bond acceptors (Lipinski definition) is 4. The molecule has 0 spiro atoms. The number of hydrogen-bond donors (Lipinski definition) is 1. The lowest BCUT2D eigenvalue weighted by Crippen LogP contribution is -2.46. The molecule has 4 nitrogen and oxygen atoms in total. The van der Waals surface area contributed by atoms with Crippen LogP contribution >= 0.6 is 0 Å². The van der Waals surface area contributed by atoms with E-state index < -0.39 is 5.60 Å². The predicted octanol–water partition coefficient (Wildman–Crippen LogP) is 4.07. The Morgan fingerprint density at radius 1 is 1.15 bits per heavy atom. The molecule has 1 saturated heterocycles. The molecule has 1 aromatic heterocycles. The molecule has 26 heavy (non-hydrogen) atoms. The van der Waals surface area contributed by atoms with Gasteiger partial charge >= 0.3 is 0 Å². The fraction of sp³-hybridized carbons (Fsp3) is 0.500. The molecular weight excluding hydrogens is 324 g/mol. The number of rotatable bonds is 5. The average molecular weight is 352 g/mol. The average Bonchev–Trinajstić information content (AvgIpc) is 3.13. The van der Waals surface area contributed by atoms with Crippen LogP contribution in [0.5, 0.6) is 0 Å². The Kier molecular flexibility index (Phi) is 5.23. The second-order valence-corrected chi connectivity index (χ2v) is 7.90. The van der Waals surface area contributed by atoms with Gasteiger partial charge in [0.1, 0.15) is 11.5 Å². The van der Waals surface area contributed by atoms with Gasteiger partial charge in [-0.25, -0.2) is 0 Å². The number of allylic oxidation sites excluding steroid dienone is 2. The summed E-state index contributed by atoms with van der Waals surface area (Å²) >= 11 is 0. The molecule has 1 N–H and O–H groups in total. The standard InChI is InChI=1S/C22H28N2O2/c25-22(11-13-24(14-12-22)17-18-7-3-1-4-8-18)16-20-15-21(23-26-20)19-9-5-2-6-10-19/h1-3,5-6,9-10,15,18,25H,4,7-8,11-14,16-17H2.